The van der Waals surface area contributed by atoms with Crippen LogP contribution < -0.4 is 10.5 Å². The van der Waals surface area contributed by atoms with Crippen LogP contribution in [0.4, 0.5) is 4.39 Å². The second-order valence-corrected chi connectivity index (χ2v) is 7.71. The molecule has 0 bridgehead atoms. The minimum absolute atomic E-state index is 0.103. The number of hydrogen-bond donors (Lipinski definition) is 1. The quantitative estimate of drug-likeness (QED) is 0.671. The van der Waals surface area contributed by atoms with E-state index < -0.39 is 11.7 Å². The van der Waals surface area contributed by atoms with Crippen molar-refractivity contribution in [3.05, 3.63) is 40.7 Å². The van der Waals surface area contributed by atoms with Gasteiger partial charge in [0.05, 0.1) is 11.7 Å². The lowest BCUT2D eigenvalue weighted by Crippen LogP contribution is -2.54. The fourth-order valence-corrected chi connectivity index (χ4v) is 3.75. The molecule has 2 aliphatic rings. The van der Waals surface area contributed by atoms with Crippen molar-refractivity contribution in [3.8, 4) is 5.75 Å². The van der Waals surface area contributed by atoms with Gasteiger partial charge in [-0.15, -0.1) is 0 Å². The molecule has 2 radical (unpaired) electrons. The first-order valence-corrected chi connectivity index (χ1v) is 8.55. The van der Waals surface area contributed by atoms with Gasteiger partial charge in [0.25, 0.3) is 0 Å². The van der Waals surface area contributed by atoms with E-state index in [-0.39, 0.29) is 17.0 Å². The molecule has 1 aliphatic carbocycles. The average molecular weight is 329 g/mol. The molecule has 1 fully saturated rings. The van der Waals surface area contributed by atoms with Gasteiger partial charge in [0, 0.05) is 12.0 Å². The normalized spacial score (nSPS) is 29.3. The van der Waals surface area contributed by atoms with E-state index in [0.29, 0.717) is 18.6 Å². The molecule has 1 aliphatic heterocycles. The third-order valence-corrected chi connectivity index (χ3v) is 5.26. The topological polar surface area (TPSA) is 44.5 Å². The largest absolute Gasteiger partial charge is 0.486 e. The lowest BCUT2D eigenvalue weighted by molar-refractivity contribution is -0.155. The molecule has 0 aromatic heterocycles. The molecule has 3 nitrogen and oxygen atoms in total. The van der Waals surface area contributed by atoms with Gasteiger partial charge in [0.1, 0.15) is 14.5 Å². The number of halogens is 1. The zero-order valence-corrected chi connectivity index (χ0v) is 14.7. The maximum absolute atomic E-state index is 14.7. The maximum atomic E-state index is 14.7. The Kier molecular flexibility index (Phi) is 4.52. The molecule has 1 aromatic rings. The summed E-state index contributed by atoms with van der Waals surface area (Å²) in [6, 6.07) is 5.12. The number of rotatable bonds is 4. The summed E-state index contributed by atoms with van der Waals surface area (Å²) >= 11 is 0. The Hall–Kier alpha value is -1.33. The molecule has 1 saturated heterocycles. The van der Waals surface area contributed by atoms with Crippen molar-refractivity contribution in [2.45, 2.75) is 58.2 Å². The smallest absolute Gasteiger partial charge is 0.170 e. The van der Waals surface area contributed by atoms with E-state index in [1.807, 2.05) is 0 Å². The summed E-state index contributed by atoms with van der Waals surface area (Å²) in [7, 11) is 5.63. The Morgan fingerprint density at radius 2 is 2.12 bits per heavy atom. The highest BCUT2D eigenvalue weighted by atomic mass is 19.1. The van der Waals surface area contributed by atoms with Crippen molar-refractivity contribution in [3.63, 3.8) is 0 Å². The number of hydrogen-bond acceptors (Lipinski definition) is 3. The molecule has 0 saturated carbocycles. The van der Waals surface area contributed by atoms with Gasteiger partial charge in [-0.05, 0) is 43.2 Å². The van der Waals surface area contributed by atoms with Crippen molar-refractivity contribution < 1.29 is 13.9 Å². The lowest BCUT2D eigenvalue weighted by atomic mass is 9.73. The van der Waals surface area contributed by atoms with Crippen LogP contribution in [0.5, 0.6) is 5.75 Å². The number of ether oxygens (including phenoxy) is 2. The van der Waals surface area contributed by atoms with Crippen LogP contribution in [0.3, 0.4) is 0 Å². The van der Waals surface area contributed by atoms with Crippen molar-refractivity contribution in [1.29, 1.82) is 0 Å². The Bertz CT molecular complexity index is 661. The van der Waals surface area contributed by atoms with E-state index in [4.69, 9.17) is 23.1 Å². The lowest BCUT2D eigenvalue weighted by Gasteiger charge is -2.43. The Labute approximate surface area is 144 Å². The van der Waals surface area contributed by atoms with Crippen LogP contribution >= 0.6 is 0 Å². The standard InChI is InChI=1S/C19H25BFNO2/c1-12-6-5-9-18(2,3)14(12)11-23-15-8-4-7-13(17(15)21)16-10-19(20,22)24-16/h4,7-8,16H,5-6,9-11,22H2,1-3H3. The zero-order chi connectivity index (χ0) is 17.5. The fraction of sp³-hybridized carbons (Fsp3) is 0.579. The summed E-state index contributed by atoms with van der Waals surface area (Å²) in [6.45, 7) is 7.02. The predicted molar refractivity (Wildman–Crippen MR) is 93.3 cm³/mol. The summed E-state index contributed by atoms with van der Waals surface area (Å²) in [5.74, 6) is -0.130. The van der Waals surface area contributed by atoms with Crippen LogP contribution in [0, 0.1) is 11.2 Å². The molecule has 3 rings (SSSR count). The number of allylic oxidation sites excluding steroid dienone is 1. The van der Waals surface area contributed by atoms with Crippen LogP contribution in [-0.4, -0.2) is 20.1 Å². The van der Waals surface area contributed by atoms with Gasteiger partial charge in [-0.2, -0.15) is 0 Å². The Morgan fingerprint density at radius 3 is 2.75 bits per heavy atom. The molecule has 24 heavy (non-hydrogen) atoms. The van der Waals surface area contributed by atoms with Crippen molar-refractivity contribution >= 4 is 7.85 Å². The predicted octanol–water partition coefficient (Wildman–Crippen LogP) is 3.97. The van der Waals surface area contributed by atoms with Crippen LogP contribution in [0.25, 0.3) is 0 Å². The molecular weight excluding hydrogens is 304 g/mol. The Balaban J connectivity index is 1.74. The third-order valence-electron chi connectivity index (χ3n) is 5.26. The summed E-state index contributed by atoms with van der Waals surface area (Å²) in [5.41, 5.74) is 7.68. The highest BCUT2D eigenvalue weighted by molar-refractivity contribution is 6.14. The van der Waals surface area contributed by atoms with Crippen LogP contribution in [0.1, 0.15) is 58.1 Å². The van der Waals surface area contributed by atoms with E-state index in [2.05, 4.69) is 20.8 Å². The molecule has 2 unspecified atom stereocenters. The average Bonchev–Trinajstić information content (AvgIpc) is 2.45. The van der Waals surface area contributed by atoms with Gasteiger partial charge in [0.15, 0.2) is 11.6 Å². The maximum Gasteiger partial charge on any atom is 0.170 e. The molecular formula is C19H25BFNO2. The van der Waals surface area contributed by atoms with Crippen LogP contribution in [0.15, 0.2) is 29.3 Å². The summed E-state index contributed by atoms with van der Waals surface area (Å²) in [5, 5.41) is 0. The highest BCUT2D eigenvalue weighted by Gasteiger charge is 2.40. The number of nitrogens with two attached hydrogens (primary N) is 1. The SMILES string of the molecule is [B]C1(N)CC(c2cccc(OCC3=C(C)CCCC3(C)C)c2F)O1. The second-order valence-electron chi connectivity index (χ2n) is 7.71. The third kappa shape index (κ3) is 3.38. The van der Waals surface area contributed by atoms with E-state index in [9.17, 15) is 4.39 Å². The first-order chi connectivity index (χ1) is 11.2. The van der Waals surface area contributed by atoms with Gasteiger partial charge < -0.3 is 15.2 Å². The van der Waals surface area contributed by atoms with Crippen LogP contribution in [-0.2, 0) is 4.74 Å². The molecule has 128 valence electrons. The zero-order valence-electron chi connectivity index (χ0n) is 14.7. The molecule has 0 amide bonds. The van der Waals surface area contributed by atoms with Gasteiger partial charge in [-0.3, -0.25) is 0 Å². The first-order valence-electron chi connectivity index (χ1n) is 8.55. The molecule has 2 N–H and O–H groups in total. The molecule has 5 heteroatoms. The Morgan fingerprint density at radius 1 is 1.42 bits per heavy atom. The van der Waals surface area contributed by atoms with Crippen LogP contribution in [0.2, 0.25) is 0 Å². The summed E-state index contributed by atoms with van der Waals surface area (Å²) in [4.78, 5) is 0. The second kappa shape index (κ2) is 6.19. The van der Waals surface area contributed by atoms with Gasteiger partial charge >= 0.3 is 0 Å². The summed E-state index contributed by atoms with van der Waals surface area (Å²) < 4.78 is 25.9. The fourth-order valence-electron chi connectivity index (χ4n) is 3.75. The van der Waals surface area contributed by atoms with Gasteiger partial charge in [0.2, 0.25) is 0 Å². The minimum atomic E-state index is -1.15. The molecule has 1 aromatic carbocycles. The number of benzene rings is 1. The van der Waals surface area contributed by atoms with Crippen molar-refractivity contribution in [1.82, 2.24) is 0 Å². The van der Waals surface area contributed by atoms with E-state index >= 15 is 0 Å². The molecule has 1 heterocycles. The highest BCUT2D eigenvalue weighted by Crippen LogP contribution is 2.42. The summed E-state index contributed by atoms with van der Waals surface area (Å²) in [6.07, 6.45) is 3.41. The van der Waals surface area contributed by atoms with E-state index in [0.717, 1.165) is 12.8 Å². The monoisotopic (exact) mass is 329 g/mol. The van der Waals surface area contributed by atoms with Gasteiger partial charge in [-0.25, -0.2) is 4.39 Å². The molecule has 0 spiro atoms. The minimum Gasteiger partial charge on any atom is -0.486 e. The molecule has 2 atom stereocenters. The first kappa shape index (κ1) is 17.5. The van der Waals surface area contributed by atoms with Crippen molar-refractivity contribution in [2.75, 3.05) is 6.61 Å². The van der Waals surface area contributed by atoms with E-state index in [1.54, 1.807) is 18.2 Å². The van der Waals surface area contributed by atoms with Crippen molar-refractivity contribution in [2.24, 2.45) is 11.1 Å². The van der Waals surface area contributed by atoms with E-state index in [1.165, 1.54) is 17.6 Å². The van der Waals surface area contributed by atoms with Gasteiger partial charge in [-0.1, -0.05) is 31.6 Å².